The molecule has 0 aliphatic carbocycles. The van der Waals surface area contributed by atoms with Crippen LogP contribution in [-0.2, 0) is 6.54 Å². The highest BCUT2D eigenvalue weighted by atomic mass is 35.5. The number of nitrogens with zero attached hydrogens (tertiary/aromatic N) is 1. The van der Waals surface area contributed by atoms with Gasteiger partial charge in [0.15, 0.2) is 5.75 Å². The molecule has 0 saturated heterocycles. The van der Waals surface area contributed by atoms with Gasteiger partial charge in [-0.3, -0.25) is 9.36 Å². The third-order valence-electron chi connectivity index (χ3n) is 6.06. The van der Waals surface area contributed by atoms with Crippen LogP contribution in [0.15, 0.2) is 64.3 Å². The van der Waals surface area contributed by atoms with Crippen LogP contribution in [-0.4, -0.2) is 26.1 Å². The number of H-pyrrole nitrogens is 3. The van der Waals surface area contributed by atoms with E-state index in [0.717, 1.165) is 48.2 Å². The molecule has 6 rings (SSSR count). The Labute approximate surface area is 201 Å². The summed E-state index contributed by atoms with van der Waals surface area (Å²) in [5.74, 6) is 0.668. The van der Waals surface area contributed by atoms with Gasteiger partial charge < -0.3 is 19.7 Å². The Morgan fingerprint density at radius 3 is 2.00 bits per heavy atom. The molecule has 7 nitrogen and oxygen atoms in total. The van der Waals surface area contributed by atoms with Gasteiger partial charge in [0.1, 0.15) is 0 Å². The highest BCUT2D eigenvalue weighted by Crippen LogP contribution is 2.41. The smallest absolute Gasteiger partial charge is 0.328 e. The van der Waals surface area contributed by atoms with Crippen molar-refractivity contribution < 1.29 is 4.74 Å². The zero-order chi connectivity index (χ0) is 23.4. The maximum atomic E-state index is 12.0. The summed E-state index contributed by atoms with van der Waals surface area (Å²) in [6.07, 6.45) is 1.82. The molecule has 0 saturated carbocycles. The molecule has 0 bridgehead atoms. The number of halogens is 2. The van der Waals surface area contributed by atoms with Crippen molar-refractivity contribution in [3.63, 3.8) is 0 Å². The number of aromatic nitrogens is 4. The molecule has 9 heteroatoms. The Kier molecular flexibility index (Phi) is 4.90. The normalized spacial score (nSPS) is 11.8. The van der Waals surface area contributed by atoms with Crippen LogP contribution in [0.3, 0.4) is 0 Å². The van der Waals surface area contributed by atoms with Gasteiger partial charge in [-0.15, -0.1) is 0 Å². The fraction of sp³-hybridized carbons (Fsp3) is 0.120. The van der Waals surface area contributed by atoms with E-state index < -0.39 is 5.69 Å². The van der Waals surface area contributed by atoms with Gasteiger partial charge in [-0.1, -0.05) is 23.2 Å². The van der Waals surface area contributed by atoms with Crippen LogP contribution in [0.25, 0.3) is 43.6 Å². The van der Waals surface area contributed by atoms with Crippen LogP contribution in [0, 0.1) is 0 Å². The average molecular weight is 493 g/mol. The van der Waals surface area contributed by atoms with Gasteiger partial charge in [-0.2, -0.15) is 0 Å². The molecule has 0 fully saturated rings. The van der Waals surface area contributed by atoms with Gasteiger partial charge in [0.2, 0.25) is 0 Å². The first-order valence-electron chi connectivity index (χ1n) is 10.8. The lowest BCUT2D eigenvalue weighted by molar-refractivity contribution is 0.305. The molecule has 170 valence electrons. The van der Waals surface area contributed by atoms with Crippen molar-refractivity contribution >= 4 is 66.8 Å². The van der Waals surface area contributed by atoms with Gasteiger partial charge >= 0.3 is 5.69 Å². The maximum absolute atomic E-state index is 12.0. The van der Waals surface area contributed by atoms with Crippen LogP contribution in [0.2, 0.25) is 10.0 Å². The molecule has 3 N–H and O–H groups in total. The van der Waals surface area contributed by atoms with E-state index in [1.165, 1.54) is 12.3 Å². The largest absolute Gasteiger partial charge is 0.489 e. The number of nitrogens with one attached hydrogen (secondary N) is 3. The van der Waals surface area contributed by atoms with E-state index in [1.54, 1.807) is 0 Å². The van der Waals surface area contributed by atoms with E-state index in [9.17, 15) is 9.59 Å². The van der Waals surface area contributed by atoms with E-state index >= 15 is 0 Å². The zero-order valence-electron chi connectivity index (χ0n) is 17.7. The van der Waals surface area contributed by atoms with E-state index in [1.807, 2.05) is 36.4 Å². The van der Waals surface area contributed by atoms with E-state index in [4.69, 9.17) is 27.9 Å². The molecule has 34 heavy (non-hydrogen) atoms. The fourth-order valence-corrected chi connectivity index (χ4v) is 4.85. The summed E-state index contributed by atoms with van der Waals surface area (Å²) in [4.78, 5) is 33.4. The summed E-state index contributed by atoms with van der Waals surface area (Å²) >= 11 is 12.6. The number of rotatable bonds is 5. The molecule has 0 amide bonds. The summed E-state index contributed by atoms with van der Waals surface area (Å²) < 4.78 is 7.46. The minimum Gasteiger partial charge on any atom is -0.489 e. The highest BCUT2D eigenvalue weighted by molar-refractivity contribution is 6.33. The van der Waals surface area contributed by atoms with Crippen molar-refractivity contribution in [3.8, 4) is 5.75 Å². The summed E-state index contributed by atoms with van der Waals surface area (Å²) in [5.41, 5.74) is 2.81. The molecule has 0 spiro atoms. The van der Waals surface area contributed by atoms with Crippen LogP contribution in [0.4, 0.5) is 0 Å². The minimum atomic E-state index is -0.433. The molecule has 0 aliphatic heterocycles. The van der Waals surface area contributed by atoms with E-state index in [0.29, 0.717) is 28.8 Å². The van der Waals surface area contributed by atoms with Crippen molar-refractivity contribution in [3.05, 3.63) is 85.6 Å². The number of hydrogen-bond donors (Lipinski definition) is 3. The quantitative estimate of drug-likeness (QED) is 0.274. The summed E-state index contributed by atoms with van der Waals surface area (Å²) in [5, 5.41) is 5.25. The maximum Gasteiger partial charge on any atom is 0.328 e. The second-order valence-electron chi connectivity index (χ2n) is 8.16. The number of ether oxygens (including phenoxy) is 1. The van der Waals surface area contributed by atoms with Gasteiger partial charge in [-0.25, -0.2) is 4.79 Å². The first kappa shape index (κ1) is 20.9. The van der Waals surface area contributed by atoms with Crippen LogP contribution >= 0.6 is 23.2 Å². The second-order valence-corrected chi connectivity index (χ2v) is 9.03. The first-order valence-corrected chi connectivity index (χ1v) is 11.5. The molecule has 3 heterocycles. The van der Waals surface area contributed by atoms with Gasteiger partial charge in [0.05, 0.1) is 17.6 Å². The predicted molar refractivity (Wildman–Crippen MR) is 137 cm³/mol. The fourth-order valence-electron chi connectivity index (χ4n) is 4.50. The number of hydrogen-bond acceptors (Lipinski definition) is 3. The topological polar surface area (TPSA) is 95.7 Å². The summed E-state index contributed by atoms with van der Waals surface area (Å²) in [7, 11) is 0. The molecule has 0 atom stereocenters. The highest BCUT2D eigenvalue weighted by Gasteiger charge is 2.18. The molecular weight excluding hydrogens is 475 g/mol. The molecule has 3 aromatic heterocycles. The molecule has 3 aromatic carbocycles. The standard InChI is InChI=1S/C25H18Cl2N4O3/c26-13-2-4-19-15(10-13)17-12-18-16-11-14(27)3-5-20(16)30-23(18)24(22(17)29-19)34-9-1-8-31-21(32)6-7-28-25(31)33/h2-7,10-12,29-30H,1,8-9H2,(H,28,33). The Morgan fingerprint density at radius 1 is 0.794 bits per heavy atom. The lowest BCUT2D eigenvalue weighted by Gasteiger charge is -2.10. The summed E-state index contributed by atoms with van der Waals surface area (Å²) in [6, 6.07) is 14.9. The number of aromatic amines is 3. The summed E-state index contributed by atoms with van der Waals surface area (Å²) in [6.45, 7) is 0.556. The van der Waals surface area contributed by atoms with Crippen molar-refractivity contribution in [1.82, 2.24) is 19.5 Å². The predicted octanol–water partition coefficient (Wildman–Crippen LogP) is 5.58. The lowest BCUT2D eigenvalue weighted by Crippen LogP contribution is -2.34. The van der Waals surface area contributed by atoms with E-state index in [-0.39, 0.29) is 12.1 Å². The van der Waals surface area contributed by atoms with E-state index in [2.05, 4.69) is 21.0 Å². The monoisotopic (exact) mass is 492 g/mol. The van der Waals surface area contributed by atoms with Crippen LogP contribution in [0.1, 0.15) is 6.42 Å². The number of fused-ring (bicyclic) bond motifs is 6. The van der Waals surface area contributed by atoms with Crippen molar-refractivity contribution in [1.29, 1.82) is 0 Å². The molecule has 0 unspecified atom stereocenters. The Balaban J connectivity index is 1.47. The zero-order valence-corrected chi connectivity index (χ0v) is 19.3. The second kappa shape index (κ2) is 7.97. The molecular formula is C25H18Cl2N4O3. The Bertz CT molecular complexity index is 1720. The average Bonchev–Trinajstić information content (AvgIpc) is 3.35. The van der Waals surface area contributed by atoms with Crippen LogP contribution in [0.5, 0.6) is 5.75 Å². The van der Waals surface area contributed by atoms with Gasteiger partial charge in [0, 0.05) is 61.4 Å². The molecule has 0 radical (unpaired) electrons. The Morgan fingerprint density at radius 2 is 1.41 bits per heavy atom. The van der Waals surface area contributed by atoms with Crippen molar-refractivity contribution in [2.24, 2.45) is 0 Å². The Hall–Kier alpha value is -3.68. The van der Waals surface area contributed by atoms with Crippen molar-refractivity contribution in [2.75, 3.05) is 6.61 Å². The van der Waals surface area contributed by atoms with Crippen LogP contribution < -0.4 is 16.0 Å². The first-order chi connectivity index (χ1) is 16.5. The lowest BCUT2D eigenvalue weighted by atomic mass is 10.1. The third-order valence-corrected chi connectivity index (χ3v) is 6.53. The molecule has 6 aromatic rings. The SMILES string of the molecule is O=c1cc[nH]c(=O)n1CCCOc1c2[nH]c3ccc(Cl)cc3c2cc2c1[nH]c1ccc(Cl)cc12. The van der Waals surface area contributed by atoms with Crippen molar-refractivity contribution in [2.45, 2.75) is 13.0 Å². The van der Waals surface area contributed by atoms with Gasteiger partial charge in [0.25, 0.3) is 5.56 Å². The van der Waals surface area contributed by atoms with Gasteiger partial charge in [-0.05, 0) is 48.9 Å². The molecule has 0 aliphatic rings. The minimum absolute atomic E-state index is 0.249. The third kappa shape index (κ3) is 3.36. The number of benzene rings is 3.